The van der Waals surface area contributed by atoms with Crippen LogP contribution in [-0.4, -0.2) is 33.5 Å². The van der Waals surface area contributed by atoms with Crippen molar-refractivity contribution in [2.75, 3.05) is 6.61 Å². The van der Waals surface area contributed by atoms with Crippen molar-refractivity contribution >= 4 is 13.8 Å². The van der Waals surface area contributed by atoms with Crippen LogP contribution >= 0.6 is 7.82 Å². The normalized spacial score (nSPS) is 17.4. The Labute approximate surface area is 93.8 Å². The van der Waals surface area contributed by atoms with E-state index in [9.17, 15) is 9.36 Å². The Morgan fingerprint density at radius 1 is 1.31 bits per heavy atom. The number of nitrogens with two attached hydrogens (primary N) is 1. The summed E-state index contributed by atoms with van der Waals surface area (Å²) in [6, 6.07) is 0.536. The van der Waals surface area contributed by atoms with E-state index in [0.29, 0.717) is 6.04 Å². The van der Waals surface area contributed by atoms with Gasteiger partial charge in [-0.15, -0.1) is 0 Å². The van der Waals surface area contributed by atoms with Crippen LogP contribution < -0.4 is 5.73 Å². The molecule has 0 unspecified atom stereocenters. The first-order valence-corrected chi connectivity index (χ1v) is 6.52. The molecule has 0 spiro atoms. The molecule has 7 nitrogen and oxygen atoms in total. The molecule has 0 aromatic carbocycles. The van der Waals surface area contributed by atoms with Gasteiger partial charge in [0.15, 0.2) is 6.61 Å². The van der Waals surface area contributed by atoms with E-state index in [4.69, 9.17) is 20.6 Å². The highest BCUT2D eigenvalue weighted by Gasteiger charge is 2.15. The average molecular weight is 255 g/mol. The van der Waals surface area contributed by atoms with E-state index in [1.807, 2.05) is 0 Å². The van der Waals surface area contributed by atoms with Gasteiger partial charge in [0.05, 0.1) is 0 Å². The minimum absolute atomic E-state index is 0.536. The molecule has 0 aromatic heterocycles. The van der Waals surface area contributed by atoms with Crippen LogP contribution in [0, 0.1) is 0 Å². The molecule has 0 atom stereocenters. The number of aliphatic carboxylic acids is 1. The van der Waals surface area contributed by atoms with Crippen molar-refractivity contribution in [2.45, 2.75) is 38.1 Å². The second kappa shape index (κ2) is 7.76. The Balaban J connectivity index is 0.000000288. The van der Waals surface area contributed by atoms with Crippen LogP contribution in [0.3, 0.4) is 0 Å². The number of carbonyl (C=O) groups is 1. The van der Waals surface area contributed by atoms with Gasteiger partial charge in [0.2, 0.25) is 0 Å². The summed E-state index contributed by atoms with van der Waals surface area (Å²) in [6.07, 6.45) is 6.66. The molecule has 8 heteroatoms. The average Bonchev–Trinajstić information content (AvgIpc) is 2.16. The summed E-state index contributed by atoms with van der Waals surface area (Å²) < 4.78 is 13.3. The highest BCUT2D eigenvalue weighted by atomic mass is 31.2. The van der Waals surface area contributed by atoms with Gasteiger partial charge in [0, 0.05) is 6.04 Å². The van der Waals surface area contributed by atoms with Gasteiger partial charge in [-0.25, -0.2) is 9.36 Å². The zero-order valence-corrected chi connectivity index (χ0v) is 9.81. The molecule has 1 fully saturated rings. The summed E-state index contributed by atoms with van der Waals surface area (Å²) in [6.45, 7) is -0.982. The Kier molecular flexibility index (Phi) is 7.53. The van der Waals surface area contributed by atoms with E-state index in [2.05, 4.69) is 4.52 Å². The maximum Gasteiger partial charge on any atom is 0.470 e. The third-order valence-corrected chi connectivity index (χ3v) is 2.47. The standard InChI is InChI=1S/C6H13N.C2H5O6P/c7-6-4-2-1-3-5-6;3-2(4)1-8-9(5,6)7/h6H,1-5,7H2;1H2,(H,3,4)(H2,5,6,7). The van der Waals surface area contributed by atoms with E-state index in [1.165, 1.54) is 32.1 Å². The quantitative estimate of drug-likeness (QED) is 0.539. The van der Waals surface area contributed by atoms with Gasteiger partial charge in [-0.05, 0) is 12.8 Å². The SMILES string of the molecule is NC1CCCCC1.O=C(O)COP(=O)(O)O. The number of phosphoric ester groups is 1. The highest BCUT2D eigenvalue weighted by Crippen LogP contribution is 2.35. The van der Waals surface area contributed by atoms with E-state index in [1.54, 1.807) is 0 Å². The van der Waals surface area contributed by atoms with Crippen molar-refractivity contribution in [3.8, 4) is 0 Å². The molecular formula is C8H18NO6P. The lowest BCUT2D eigenvalue weighted by Crippen LogP contribution is -2.22. The maximum absolute atomic E-state index is 9.74. The largest absolute Gasteiger partial charge is 0.480 e. The maximum atomic E-state index is 9.74. The molecule has 0 radical (unpaired) electrons. The van der Waals surface area contributed by atoms with E-state index in [-0.39, 0.29) is 0 Å². The number of phosphoric acid groups is 1. The van der Waals surface area contributed by atoms with E-state index >= 15 is 0 Å². The second-order valence-corrected chi connectivity index (χ2v) is 4.80. The molecule has 0 aromatic rings. The molecule has 0 saturated heterocycles. The summed E-state index contributed by atoms with van der Waals surface area (Å²) in [5, 5.41) is 7.81. The summed E-state index contributed by atoms with van der Waals surface area (Å²) in [4.78, 5) is 25.4. The lowest BCUT2D eigenvalue weighted by Gasteiger charge is -2.15. The topological polar surface area (TPSA) is 130 Å². The van der Waals surface area contributed by atoms with Gasteiger partial charge in [0.1, 0.15) is 0 Å². The van der Waals surface area contributed by atoms with E-state index < -0.39 is 20.4 Å². The predicted molar refractivity (Wildman–Crippen MR) is 56.7 cm³/mol. The molecule has 1 saturated carbocycles. The minimum atomic E-state index is -4.60. The fourth-order valence-electron chi connectivity index (χ4n) is 1.27. The number of hydrogen-bond acceptors (Lipinski definition) is 4. The van der Waals surface area contributed by atoms with Crippen LogP contribution in [-0.2, 0) is 13.9 Å². The first kappa shape index (κ1) is 15.5. The third-order valence-electron chi connectivity index (χ3n) is 2.01. The van der Waals surface area contributed by atoms with Gasteiger partial charge in [-0.2, -0.15) is 0 Å². The number of carboxylic acid groups (broad SMARTS) is 1. The zero-order chi connectivity index (χ0) is 12.6. The smallest absolute Gasteiger partial charge is 0.470 e. The Bertz CT molecular complexity index is 247. The monoisotopic (exact) mass is 255 g/mol. The molecular weight excluding hydrogens is 237 g/mol. The molecule has 16 heavy (non-hydrogen) atoms. The Hall–Kier alpha value is -0.460. The molecule has 0 bridgehead atoms. The lowest BCUT2D eigenvalue weighted by molar-refractivity contribution is -0.139. The summed E-state index contributed by atoms with van der Waals surface area (Å²) in [5.41, 5.74) is 5.63. The molecule has 0 heterocycles. The van der Waals surface area contributed by atoms with Gasteiger partial charge < -0.3 is 20.6 Å². The van der Waals surface area contributed by atoms with Crippen LogP contribution in [0.4, 0.5) is 0 Å². The molecule has 0 amide bonds. The van der Waals surface area contributed by atoms with Crippen LogP contribution in [0.2, 0.25) is 0 Å². The molecule has 5 N–H and O–H groups in total. The molecule has 0 aliphatic heterocycles. The van der Waals surface area contributed by atoms with Crippen molar-refractivity contribution in [2.24, 2.45) is 5.73 Å². The molecule has 1 aliphatic carbocycles. The Morgan fingerprint density at radius 3 is 2.00 bits per heavy atom. The predicted octanol–water partition coefficient (Wildman–Crippen LogP) is 0.458. The fourth-order valence-corrected chi connectivity index (χ4v) is 1.55. The van der Waals surface area contributed by atoms with Crippen molar-refractivity contribution in [1.29, 1.82) is 0 Å². The first-order valence-electron chi connectivity index (χ1n) is 4.98. The van der Waals surface area contributed by atoms with E-state index in [0.717, 1.165) is 0 Å². The van der Waals surface area contributed by atoms with Crippen LogP contribution in [0.5, 0.6) is 0 Å². The van der Waals surface area contributed by atoms with Crippen molar-refractivity contribution < 1.29 is 28.8 Å². The summed E-state index contributed by atoms with van der Waals surface area (Å²) >= 11 is 0. The number of hydrogen-bond donors (Lipinski definition) is 4. The Morgan fingerprint density at radius 2 is 1.81 bits per heavy atom. The van der Waals surface area contributed by atoms with Gasteiger partial charge in [-0.3, -0.25) is 4.52 Å². The van der Waals surface area contributed by atoms with Gasteiger partial charge in [0.25, 0.3) is 0 Å². The van der Waals surface area contributed by atoms with Gasteiger partial charge in [-0.1, -0.05) is 19.3 Å². The second-order valence-electron chi connectivity index (χ2n) is 3.56. The summed E-state index contributed by atoms with van der Waals surface area (Å²) in [5.74, 6) is -1.42. The third kappa shape index (κ3) is 11.6. The van der Waals surface area contributed by atoms with Crippen LogP contribution in [0.25, 0.3) is 0 Å². The molecule has 1 aliphatic rings. The zero-order valence-electron chi connectivity index (χ0n) is 8.91. The van der Waals surface area contributed by atoms with Gasteiger partial charge >= 0.3 is 13.8 Å². The minimum Gasteiger partial charge on any atom is -0.480 e. The highest BCUT2D eigenvalue weighted by molar-refractivity contribution is 7.46. The van der Waals surface area contributed by atoms with Crippen LogP contribution in [0.15, 0.2) is 0 Å². The lowest BCUT2D eigenvalue weighted by atomic mass is 9.97. The molecule has 96 valence electrons. The van der Waals surface area contributed by atoms with Crippen molar-refractivity contribution in [1.82, 2.24) is 0 Å². The number of carboxylic acids is 1. The van der Waals surface area contributed by atoms with Crippen molar-refractivity contribution in [3.63, 3.8) is 0 Å². The van der Waals surface area contributed by atoms with Crippen molar-refractivity contribution in [3.05, 3.63) is 0 Å². The fraction of sp³-hybridized carbons (Fsp3) is 0.875. The number of rotatable bonds is 3. The van der Waals surface area contributed by atoms with Crippen LogP contribution in [0.1, 0.15) is 32.1 Å². The summed E-state index contributed by atoms with van der Waals surface area (Å²) in [7, 11) is -4.60. The molecule has 1 rings (SSSR count). The first-order chi connectivity index (χ1) is 7.31.